The highest BCUT2D eigenvalue weighted by Crippen LogP contribution is 2.20. The zero-order valence-corrected chi connectivity index (χ0v) is 14.4. The van der Waals surface area contributed by atoms with Gasteiger partial charge in [-0.1, -0.05) is 25.1 Å². The second-order valence-electron chi connectivity index (χ2n) is 5.25. The number of hydrogen-bond donors (Lipinski definition) is 2. The topological polar surface area (TPSA) is 45.7 Å². The molecule has 0 spiro atoms. The largest absolute Gasteiger partial charge is 0.434 e. The summed E-state index contributed by atoms with van der Waals surface area (Å²) in [7, 11) is 1.67. The predicted octanol–water partition coefficient (Wildman–Crippen LogP) is 3.82. The van der Waals surface area contributed by atoms with Gasteiger partial charge in [-0.25, -0.2) is 0 Å². The predicted molar refractivity (Wildman–Crippen MR) is 94.0 cm³/mol. The molecule has 0 aliphatic rings. The van der Waals surface area contributed by atoms with Gasteiger partial charge in [0.1, 0.15) is 5.75 Å². The van der Waals surface area contributed by atoms with Crippen LogP contribution in [0.4, 0.5) is 8.78 Å². The number of thiophene rings is 1. The summed E-state index contributed by atoms with van der Waals surface area (Å²) in [5, 5.41) is 10.5. The second-order valence-corrected chi connectivity index (χ2v) is 6.03. The molecule has 4 nitrogen and oxygen atoms in total. The van der Waals surface area contributed by atoms with Crippen LogP contribution < -0.4 is 15.4 Å². The maximum Gasteiger partial charge on any atom is 0.387 e. The van der Waals surface area contributed by atoms with Crippen molar-refractivity contribution in [1.29, 1.82) is 0 Å². The molecule has 0 aliphatic heterocycles. The molecule has 0 radical (unpaired) electrons. The number of alkyl halides is 2. The molecule has 1 atom stereocenters. The van der Waals surface area contributed by atoms with Gasteiger partial charge in [-0.15, -0.1) is 0 Å². The van der Waals surface area contributed by atoms with Crippen molar-refractivity contribution < 1.29 is 13.5 Å². The van der Waals surface area contributed by atoms with Gasteiger partial charge < -0.3 is 15.4 Å². The Labute approximate surface area is 144 Å². The van der Waals surface area contributed by atoms with Crippen LogP contribution in [0.3, 0.4) is 0 Å². The van der Waals surface area contributed by atoms with Crippen LogP contribution >= 0.6 is 11.3 Å². The smallest absolute Gasteiger partial charge is 0.387 e. The van der Waals surface area contributed by atoms with Crippen LogP contribution in [-0.2, 0) is 6.54 Å². The fourth-order valence-corrected chi connectivity index (χ4v) is 2.97. The Hall–Kier alpha value is -2.15. The van der Waals surface area contributed by atoms with Gasteiger partial charge in [0.2, 0.25) is 0 Å². The summed E-state index contributed by atoms with van der Waals surface area (Å²) in [5.74, 6) is 1.13. The fourth-order valence-electron chi connectivity index (χ4n) is 2.18. The summed E-state index contributed by atoms with van der Waals surface area (Å²) in [6.07, 6.45) is 0. The van der Waals surface area contributed by atoms with Gasteiger partial charge in [-0.05, 0) is 34.4 Å². The Morgan fingerprint density at radius 3 is 2.71 bits per heavy atom. The van der Waals surface area contributed by atoms with Crippen molar-refractivity contribution in [3.05, 3.63) is 52.2 Å². The molecule has 2 aromatic rings. The molecule has 0 saturated heterocycles. The average Bonchev–Trinajstić information content (AvgIpc) is 3.10. The molecular formula is C17H21F2N3OS. The molecule has 1 unspecified atom stereocenters. The summed E-state index contributed by atoms with van der Waals surface area (Å²) < 4.78 is 29.4. The maximum atomic E-state index is 12.4. The molecule has 7 heteroatoms. The van der Waals surface area contributed by atoms with Crippen molar-refractivity contribution in [1.82, 2.24) is 10.6 Å². The average molecular weight is 353 g/mol. The van der Waals surface area contributed by atoms with E-state index in [1.807, 2.05) is 0 Å². The first-order valence-corrected chi connectivity index (χ1v) is 8.53. The lowest BCUT2D eigenvalue weighted by Crippen LogP contribution is -2.38. The van der Waals surface area contributed by atoms with Crippen LogP contribution in [-0.4, -0.2) is 26.2 Å². The van der Waals surface area contributed by atoms with Crippen LogP contribution in [0.1, 0.15) is 24.0 Å². The molecule has 0 bridgehead atoms. The Balaban J connectivity index is 1.88. The third-order valence-corrected chi connectivity index (χ3v) is 4.25. The Morgan fingerprint density at radius 1 is 1.25 bits per heavy atom. The highest BCUT2D eigenvalue weighted by molar-refractivity contribution is 7.07. The maximum absolute atomic E-state index is 12.4. The minimum Gasteiger partial charge on any atom is -0.434 e. The van der Waals surface area contributed by atoms with E-state index in [2.05, 4.69) is 44.1 Å². The number of hydrogen-bond acceptors (Lipinski definition) is 3. The van der Waals surface area contributed by atoms with Crippen LogP contribution in [0.15, 0.2) is 46.1 Å². The zero-order valence-electron chi connectivity index (χ0n) is 13.6. The van der Waals surface area contributed by atoms with E-state index in [4.69, 9.17) is 0 Å². The minimum absolute atomic E-state index is 0.169. The van der Waals surface area contributed by atoms with Crippen LogP contribution in [0, 0.1) is 0 Å². The van der Waals surface area contributed by atoms with E-state index in [0.29, 0.717) is 24.0 Å². The van der Waals surface area contributed by atoms with Crippen molar-refractivity contribution in [3.8, 4) is 5.75 Å². The first-order valence-electron chi connectivity index (χ1n) is 7.59. The summed E-state index contributed by atoms with van der Waals surface area (Å²) in [6, 6.07) is 8.82. The number of benzene rings is 1. The quantitative estimate of drug-likeness (QED) is 0.588. The third kappa shape index (κ3) is 5.49. The molecular weight excluding hydrogens is 332 g/mol. The molecule has 0 fully saturated rings. The van der Waals surface area contributed by atoms with Crippen molar-refractivity contribution in [2.24, 2.45) is 4.99 Å². The lowest BCUT2D eigenvalue weighted by Gasteiger charge is -2.16. The summed E-state index contributed by atoms with van der Waals surface area (Å²) >= 11 is 1.67. The number of rotatable bonds is 7. The van der Waals surface area contributed by atoms with Gasteiger partial charge in [-0.3, -0.25) is 4.99 Å². The molecule has 0 saturated carbocycles. The summed E-state index contributed by atoms with van der Waals surface area (Å²) in [4.78, 5) is 4.16. The zero-order chi connectivity index (χ0) is 17.4. The van der Waals surface area contributed by atoms with Crippen molar-refractivity contribution >= 4 is 17.3 Å². The van der Waals surface area contributed by atoms with E-state index in [1.165, 1.54) is 11.6 Å². The third-order valence-electron chi connectivity index (χ3n) is 3.55. The number of para-hydroxylation sites is 1. The molecule has 1 aromatic heterocycles. The number of aliphatic imine (C=N–C) groups is 1. The van der Waals surface area contributed by atoms with Crippen LogP contribution in [0.25, 0.3) is 0 Å². The van der Waals surface area contributed by atoms with Gasteiger partial charge in [0.05, 0.1) is 0 Å². The van der Waals surface area contributed by atoms with E-state index in [9.17, 15) is 8.78 Å². The van der Waals surface area contributed by atoms with Crippen LogP contribution in [0.2, 0.25) is 0 Å². The van der Waals surface area contributed by atoms with E-state index in [0.717, 1.165) is 6.54 Å². The van der Waals surface area contributed by atoms with E-state index in [-0.39, 0.29) is 5.75 Å². The lowest BCUT2D eigenvalue weighted by molar-refractivity contribution is -0.0504. The monoisotopic (exact) mass is 353 g/mol. The molecule has 24 heavy (non-hydrogen) atoms. The van der Waals surface area contributed by atoms with Gasteiger partial charge in [0, 0.05) is 25.7 Å². The molecule has 2 N–H and O–H groups in total. The standard InChI is InChI=1S/C17H21F2N3OS/c1-12(14-7-8-24-11-14)9-21-17(20-2)22-10-13-5-3-4-6-15(13)23-16(18)19/h3-8,11-12,16H,9-10H2,1-2H3,(H2,20,21,22). The normalized spacial score (nSPS) is 13.0. The van der Waals surface area contributed by atoms with Crippen LogP contribution in [0.5, 0.6) is 5.75 Å². The Kier molecular flexibility index (Phi) is 6.99. The number of nitrogens with one attached hydrogen (secondary N) is 2. The van der Waals surface area contributed by atoms with E-state index in [1.54, 1.807) is 36.6 Å². The summed E-state index contributed by atoms with van der Waals surface area (Å²) in [6.45, 7) is 0.366. The van der Waals surface area contributed by atoms with Crippen molar-refractivity contribution in [2.75, 3.05) is 13.6 Å². The van der Waals surface area contributed by atoms with E-state index >= 15 is 0 Å². The van der Waals surface area contributed by atoms with Gasteiger partial charge in [0.15, 0.2) is 5.96 Å². The number of nitrogens with zero attached hydrogens (tertiary/aromatic N) is 1. The highest BCUT2D eigenvalue weighted by Gasteiger charge is 2.10. The molecule has 1 aromatic carbocycles. The van der Waals surface area contributed by atoms with Crippen molar-refractivity contribution in [3.63, 3.8) is 0 Å². The molecule has 0 amide bonds. The molecule has 2 rings (SSSR count). The fraction of sp³-hybridized carbons (Fsp3) is 0.353. The minimum atomic E-state index is -2.84. The molecule has 0 aliphatic carbocycles. The van der Waals surface area contributed by atoms with Gasteiger partial charge >= 0.3 is 6.61 Å². The van der Waals surface area contributed by atoms with Gasteiger partial charge in [-0.2, -0.15) is 20.1 Å². The van der Waals surface area contributed by atoms with Crippen molar-refractivity contribution in [2.45, 2.75) is 26.0 Å². The first kappa shape index (κ1) is 18.2. The van der Waals surface area contributed by atoms with Gasteiger partial charge in [0.25, 0.3) is 0 Å². The molecule has 1 heterocycles. The second kappa shape index (κ2) is 9.22. The summed E-state index contributed by atoms with van der Waals surface area (Å²) in [5.41, 5.74) is 1.92. The number of halogens is 2. The molecule has 130 valence electrons. The lowest BCUT2D eigenvalue weighted by atomic mass is 10.1. The first-order chi connectivity index (χ1) is 11.6. The highest BCUT2D eigenvalue weighted by atomic mass is 32.1. The Morgan fingerprint density at radius 2 is 2.04 bits per heavy atom. The van der Waals surface area contributed by atoms with E-state index < -0.39 is 6.61 Å². The Bertz CT molecular complexity index is 647. The SMILES string of the molecule is CN=C(NCc1ccccc1OC(F)F)NCC(C)c1ccsc1. The number of guanidine groups is 1. The number of ether oxygens (including phenoxy) is 1.